The van der Waals surface area contributed by atoms with Gasteiger partial charge in [0.15, 0.2) is 9.84 Å². The van der Waals surface area contributed by atoms with Crippen LogP contribution in [0.1, 0.15) is 30.1 Å². The highest BCUT2D eigenvalue weighted by Gasteiger charge is 2.20. The summed E-state index contributed by atoms with van der Waals surface area (Å²) in [5, 5.41) is 2.81. The molecule has 2 rings (SSSR count). The molecule has 0 atom stereocenters. The van der Waals surface area contributed by atoms with Crippen LogP contribution in [0.15, 0.2) is 41.4 Å². The van der Waals surface area contributed by atoms with Gasteiger partial charge in [-0.3, -0.25) is 4.79 Å². The summed E-state index contributed by atoms with van der Waals surface area (Å²) in [6.07, 6.45) is 2.50. The summed E-state index contributed by atoms with van der Waals surface area (Å²) >= 11 is 5.65. The fraction of sp³-hybridized carbons (Fsp3) is 0.250. The molecule has 1 amide bonds. The van der Waals surface area contributed by atoms with Crippen molar-refractivity contribution in [2.75, 3.05) is 11.1 Å². The van der Waals surface area contributed by atoms with Crippen LogP contribution in [0.4, 0.5) is 10.1 Å². The molecule has 0 aliphatic rings. The highest BCUT2D eigenvalue weighted by Crippen LogP contribution is 2.19. The first kappa shape index (κ1) is 18.4. The first-order valence-electron chi connectivity index (χ1n) is 7.28. The standard InChI is InChI=1S/C16H16ClFN2O3S/c1-2-3-8-24(22,23)14-6-4-11(9-13(14)18)16(21)20-12-5-7-15(17)19-10-12/h4-7,9-10H,2-3,8H2,1H3,(H,20,21). The van der Waals surface area contributed by atoms with Gasteiger partial charge in [-0.2, -0.15) is 0 Å². The summed E-state index contributed by atoms with van der Waals surface area (Å²) in [4.78, 5) is 15.5. The Hall–Kier alpha value is -1.99. The Morgan fingerprint density at radius 1 is 1.29 bits per heavy atom. The molecule has 0 saturated heterocycles. The van der Waals surface area contributed by atoms with E-state index in [0.29, 0.717) is 18.5 Å². The molecule has 0 bridgehead atoms. The van der Waals surface area contributed by atoms with Gasteiger partial charge < -0.3 is 5.32 Å². The lowest BCUT2D eigenvalue weighted by Crippen LogP contribution is -2.14. The third kappa shape index (κ3) is 4.52. The number of benzene rings is 1. The monoisotopic (exact) mass is 370 g/mol. The fourth-order valence-electron chi connectivity index (χ4n) is 1.99. The summed E-state index contributed by atoms with van der Waals surface area (Å²) < 4.78 is 38.2. The molecule has 1 N–H and O–H groups in total. The number of aromatic nitrogens is 1. The lowest BCUT2D eigenvalue weighted by molar-refractivity contribution is 0.102. The molecule has 0 radical (unpaired) electrons. The summed E-state index contributed by atoms with van der Waals surface area (Å²) in [6, 6.07) is 6.36. The molecule has 0 spiro atoms. The zero-order chi connectivity index (χ0) is 17.7. The quantitative estimate of drug-likeness (QED) is 0.786. The van der Waals surface area contributed by atoms with E-state index in [1.807, 2.05) is 6.92 Å². The van der Waals surface area contributed by atoms with E-state index in [1.165, 1.54) is 18.3 Å². The van der Waals surface area contributed by atoms with Crippen molar-refractivity contribution in [2.24, 2.45) is 0 Å². The molecule has 5 nitrogen and oxygen atoms in total. The van der Waals surface area contributed by atoms with Crippen LogP contribution in [0, 0.1) is 5.82 Å². The van der Waals surface area contributed by atoms with Gasteiger partial charge in [0.2, 0.25) is 0 Å². The minimum absolute atomic E-state index is 0.0110. The molecule has 1 aromatic carbocycles. The molecule has 0 aliphatic carbocycles. The maximum absolute atomic E-state index is 14.1. The van der Waals surface area contributed by atoms with Crippen LogP contribution >= 0.6 is 11.6 Å². The average Bonchev–Trinajstić information content (AvgIpc) is 2.54. The normalized spacial score (nSPS) is 11.3. The first-order valence-corrected chi connectivity index (χ1v) is 9.31. The number of amides is 1. The van der Waals surface area contributed by atoms with E-state index in [-0.39, 0.29) is 21.4 Å². The topological polar surface area (TPSA) is 76.1 Å². The number of anilines is 1. The lowest BCUT2D eigenvalue weighted by atomic mass is 10.2. The highest BCUT2D eigenvalue weighted by atomic mass is 35.5. The molecule has 24 heavy (non-hydrogen) atoms. The number of nitrogens with one attached hydrogen (secondary N) is 1. The number of halogens is 2. The Bertz CT molecular complexity index is 839. The van der Waals surface area contributed by atoms with Gasteiger partial charge >= 0.3 is 0 Å². The van der Waals surface area contributed by atoms with E-state index >= 15 is 0 Å². The number of hydrogen-bond donors (Lipinski definition) is 1. The van der Waals surface area contributed by atoms with Crippen LogP contribution in [0.3, 0.4) is 0 Å². The van der Waals surface area contributed by atoms with Crippen LogP contribution in [0.5, 0.6) is 0 Å². The number of hydrogen-bond acceptors (Lipinski definition) is 4. The molecule has 0 aliphatic heterocycles. The van der Waals surface area contributed by atoms with Gasteiger partial charge in [0.1, 0.15) is 15.9 Å². The molecule has 0 unspecified atom stereocenters. The number of pyridine rings is 1. The number of unbranched alkanes of at least 4 members (excludes halogenated alkanes) is 1. The van der Waals surface area contributed by atoms with E-state index in [0.717, 1.165) is 12.1 Å². The first-order chi connectivity index (χ1) is 11.3. The van der Waals surface area contributed by atoms with Crippen LogP contribution in [-0.2, 0) is 9.84 Å². The Balaban J connectivity index is 2.19. The van der Waals surface area contributed by atoms with Gasteiger partial charge in [0, 0.05) is 5.56 Å². The van der Waals surface area contributed by atoms with Crippen LogP contribution in [0.25, 0.3) is 0 Å². The van der Waals surface area contributed by atoms with E-state index in [2.05, 4.69) is 10.3 Å². The molecular weight excluding hydrogens is 355 g/mol. The van der Waals surface area contributed by atoms with Crippen molar-refractivity contribution in [3.05, 3.63) is 53.1 Å². The molecule has 0 fully saturated rings. The smallest absolute Gasteiger partial charge is 0.255 e. The minimum atomic E-state index is -3.69. The molecular formula is C16H16ClFN2O3S. The Kier molecular flexibility index (Phi) is 5.90. The zero-order valence-corrected chi connectivity index (χ0v) is 14.5. The highest BCUT2D eigenvalue weighted by molar-refractivity contribution is 7.91. The summed E-state index contributed by atoms with van der Waals surface area (Å²) in [5.74, 6) is -1.63. The van der Waals surface area contributed by atoms with Crippen molar-refractivity contribution in [1.29, 1.82) is 0 Å². The van der Waals surface area contributed by atoms with Crippen molar-refractivity contribution in [3.8, 4) is 0 Å². The van der Waals surface area contributed by atoms with E-state index in [4.69, 9.17) is 11.6 Å². The van der Waals surface area contributed by atoms with Gasteiger partial charge in [0.05, 0.1) is 17.6 Å². The molecule has 1 heterocycles. The Labute approximate surface area is 144 Å². The van der Waals surface area contributed by atoms with Gasteiger partial charge in [0.25, 0.3) is 5.91 Å². The zero-order valence-electron chi connectivity index (χ0n) is 12.9. The third-order valence-electron chi connectivity index (χ3n) is 3.28. The number of carbonyl (C=O) groups excluding carboxylic acids is 1. The van der Waals surface area contributed by atoms with E-state index in [1.54, 1.807) is 6.07 Å². The molecule has 0 saturated carbocycles. The van der Waals surface area contributed by atoms with Gasteiger partial charge in [-0.25, -0.2) is 17.8 Å². The summed E-state index contributed by atoms with van der Waals surface area (Å²) in [6.45, 7) is 1.85. The van der Waals surface area contributed by atoms with Crippen LogP contribution < -0.4 is 5.32 Å². The molecule has 2 aromatic rings. The van der Waals surface area contributed by atoms with Crippen molar-refractivity contribution < 1.29 is 17.6 Å². The Morgan fingerprint density at radius 3 is 2.62 bits per heavy atom. The van der Waals surface area contributed by atoms with Crippen molar-refractivity contribution in [3.63, 3.8) is 0 Å². The summed E-state index contributed by atoms with van der Waals surface area (Å²) in [7, 11) is -3.69. The second-order valence-corrected chi connectivity index (χ2v) is 7.61. The number of sulfone groups is 1. The second-order valence-electron chi connectivity index (χ2n) is 5.14. The predicted molar refractivity (Wildman–Crippen MR) is 90.6 cm³/mol. The number of nitrogens with zero attached hydrogens (tertiary/aromatic N) is 1. The number of carbonyl (C=O) groups is 1. The van der Waals surface area contributed by atoms with Gasteiger partial charge in [-0.05, 0) is 36.8 Å². The minimum Gasteiger partial charge on any atom is -0.321 e. The average molecular weight is 371 g/mol. The van der Waals surface area contributed by atoms with E-state index in [9.17, 15) is 17.6 Å². The third-order valence-corrected chi connectivity index (χ3v) is 5.33. The lowest BCUT2D eigenvalue weighted by Gasteiger charge is -2.08. The molecule has 1 aromatic heterocycles. The maximum atomic E-state index is 14.1. The maximum Gasteiger partial charge on any atom is 0.255 e. The largest absolute Gasteiger partial charge is 0.321 e. The van der Waals surface area contributed by atoms with Gasteiger partial charge in [-0.15, -0.1) is 0 Å². The second kappa shape index (κ2) is 7.72. The summed E-state index contributed by atoms with van der Waals surface area (Å²) in [5.41, 5.74) is 0.404. The van der Waals surface area contributed by atoms with Crippen molar-refractivity contribution in [2.45, 2.75) is 24.7 Å². The van der Waals surface area contributed by atoms with Crippen molar-refractivity contribution >= 4 is 33.0 Å². The SMILES string of the molecule is CCCCS(=O)(=O)c1ccc(C(=O)Nc2ccc(Cl)nc2)cc1F. The van der Waals surface area contributed by atoms with E-state index < -0.39 is 21.6 Å². The van der Waals surface area contributed by atoms with Crippen molar-refractivity contribution in [1.82, 2.24) is 4.98 Å². The fourth-order valence-corrected chi connectivity index (χ4v) is 3.62. The molecule has 8 heteroatoms. The Morgan fingerprint density at radius 2 is 2.04 bits per heavy atom. The predicted octanol–water partition coefficient (Wildman–Crippen LogP) is 3.70. The van der Waals surface area contributed by atoms with Crippen LogP contribution in [-0.4, -0.2) is 25.1 Å². The van der Waals surface area contributed by atoms with Gasteiger partial charge in [-0.1, -0.05) is 24.9 Å². The molecule has 128 valence electrons. The number of rotatable bonds is 6. The van der Waals surface area contributed by atoms with Crippen LogP contribution in [0.2, 0.25) is 5.15 Å².